The highest BCUT2D eigenvalue weighted by Gasteiger charge is 2.17. The molecule has 0 atom stereocenters. The van der Waals surface area contributed by atoms with Crippen LogP contribution in [0.15, 0.2) is 78.9 Å². The topological polar surface area (TPSA) is 74.6 Å². The molecule has 0 bridgehead atoms. The lowest BCUT2D eigenvalue weighted by atomic mass is 10.1. The number of aryl methyl sites for hydroxylation is 1. The summed E-state index contributed by atoms with van der Waals surface area (Å²) in [4.78, 5) is 12.8. The number of carbonyl (C=O) groups excluding carboxylic acids is 1. The molecule has 0 spiro atoms. The lowest BCUT2D eigenvalue weighted by molar-refractivity contribution is 0.0941. The van der Waals surface area contributed by atoms with Crippen LogP contribution in [-0.4, -0.2) is 29.9 Å². The van der Waals surface area contributed by atoms with E-state index in [4.69, 9.17) is 14.2 Å². The van der Waals surface area contributed by atoms with Crippen LogP contribution < -0.4 is 19.5 Å². The Morgan fingerprint density at radius 3 is 2.32 bits per heavy atom. The van der Waals surface area contributed by atoms with Gasteiger partial charge in [-0.15, -0.1) is 0 Å². The first kappa shape index (κ1) is 22.9. The fraction of sp³-hybridized carbons (Fsp3) is 0.185. The summed E-state index contributed by atoms with van der Waals surface area (Å²) in [7, 11) is 4.94. The fourth-order valence-electron chi connectivity index (χ4n) is 3.54. The van der Waals surface area contributed by atoms with Crippen molar-refractivity contribution in [3.8, 4) is 28.5 Å². The summed E-state index contributed by atoms with van der Waals surface area (Å²) in [6.07, 6.45) is 0. The van der Waals surface area contributed by atoms with Crippen LogP contribution in [0.5, 0.6) is 17.2 Å². The van der Waals surface area contributed by atoms with E-state index in [9.17, 15) is 4.79 Å². The molecule has 0 aliphatic carbocycles. The number of hydrogen-bond donors (Lipinski definition) is 1. The Hall–Kier alpha value is -4.26. The lowest BCUT2D eigenvalue weighted by Gasteiger charge is -2.08. The zero-order chi connectivity index (χ0) is 23.9. The molecule has 0 unspecified atom stereocenters. The van der Waals surface area contributed by atoms with Gasteiger partial charge in [-0.3, -0.25) is 9.48 Å². The average Bonchev–Trinajstić information content (AvgIpc) is 3.28. The zero-order valence-corrected chi connectivity index (χ0v) is 19.4. The highest BCUT2D eigenvalue weighted by molar-refractivity contribution is 5.93. The molecule has 0 aliphatic rings. The molecule has 34 heavy (non-hydrogen) atoms. The van der Waals surface area contributed by atoms with Crippen LogP contribution in [0.25, 0.3) is 11.3 Å². The van der Waals surface area contributed by atoms with Gasteiger partial charge in [-0.25, -0.2) is 0 Å². The van der Waals surface area contributed by atoms with E-state index in [1.165, 1.54) is 0 Å². The second-order valence-corrected chi connectivity index (χ2v) is 7.71. The Kier molecular flexibility index (Phi) is 7.13. The van der Waals surface area contributed by atoms with Crippen molar-refractivity contribution in [1.82, 2.24) is 15.1 Å². The molecular formula is C27H27N3O4. The van der Waals surface area contributed by atoms with E-state index < -0.39 is 0 Å². The molecule has 7 nitrogen and oxygen atoms in total. The molecule has 0 fully saturated rings. The normalized spacial score (nSPS) is 10.6. The molecule has 1 aromatic heterocycles. The summed E-state index contributed by atoms with van der Waals surface area (Å²) in [5, 5.41) is 7.45. The first-order valence-corrected chi connectivity index (χ1v) is 10.9. The van der Waals surface area contributed by atoms with Crippen LogP contribution in [0.4, 0.5) is 0 Å². The van der Waals surface area contributed by atoms with E-state index in [1.54, 1.807) is 32.0 Å². The molecule has 0 saturated heterocycles. The number of methoxy groups -OCH3 is 2. The number of carbonyl (C=O) groups is 1. The van der Waals surface area contributed by atoms with Crippen LogP contribution in [0, 0.1) is 0 Å². The molecule has 0 saturated carbocycles. The van der Waals surface area contributed by atoms with Gasteiger partial charge in [0, 0.05) is 19.2 Å². The number of benzene rings is 3. The van der Waals surface area contributed by atoms with Gasteiger partial charge in [0.1, 0.15) is 29.5 Å². The first-order chi connectivity index (χ1) is 16.6. The molecular weight excluding hydrogens is 430 g/mol. The van der Waals surface area contributed by atoms with Gasteiger partial charge >= 0.3 is 0 Å². The molecule has 174 valence electrons. The van der Waals surface area contributed by atoms with Gasteiger partial charge in [-0.1, -0.05) is 42.5 Å². The molecule has 3 aromatic carbocycles. The Morgan fingerprint density at radius 2 is 1.62 bits per heavy atom. The Morgan fingerprint density at radius 1 is 0.882 bits per heavy atom. The van der Waals surface area contributed by atoms with Crippen molar-refractivity contribution < 1.29 is 19.0 Å². The number of rotatable bonds is 9. The van der Waals surface area contributed by atoms with Gasteiger partial charge in [0.05, 0.1) is 19.9 Å². The largest absolute Gasteiger partial charge is 0.497 e. The number of nitrogens with one attached hydrogen (secondary N) is 1. The predicted octanol–water partition coefficient (Wildman–Crippen LogP) is 4.61. The SMILES string of the molecule is COc1ccc(OC)c(-c2cc(C(=O)NCc3ccc(OCc4ccccc4)cc3)n(C)n2)c1. The Labute approximate surface area is 198 Å². The molecule has 7 heteroatoms. The lowest BCUT2D eigenvalue weighted by Crippen LogP contribution is -2.25. The maximum atomic E-state index is 12.8. The van der Waals surface area contributed by atoms with Crippen molar-refractivity contribution in [3.63, 3.8) is 0 Å². The van der Waals surface area contributed by atoms with E-state index >= 15 is 0 Å². The average molecular weight is 458 g/mol. The molecule has 1 N–H and O–H groups in total. The zero-order valence-electron chi connectivity index (χ0n) is 19.4. The van der Waals surface area contributed by atoms with Gasteiger partial charge in [0.25, 0.3) is 5.91 Å². The number of aromatic nitrogens is 2. The summed E-state index contributed by atoms with van der Waals surface area (Å²) >= 11 is 0. The maximum absolute atomic E-state index is 12.8. The fourth-order valence-corrected chi connectivity index (χ4v) is 3.54. The highest BCUT2D eigenvalue weighted by atomic mass is 16.5. The summed E-state index contributed by atoms with van der Waals surface area (Å²) in [5.41, 5.74) is 3.91. The maximum Gasteiger partial charge on any atom is 0.269 e. The van der Waals surface area contributed by atoms with Crippen LogP contribution in [-0.2, 0) is 20.2 Å². The minimum absolute atomic E-state index is 0.215. The number of amides is 1. The summed E-state index contributed by atoms with van der Waals surface area (Å²) in [6.45, 7) is 0.901. The van der Waals surface area contributed by atoms with E-state index in [-0.39, 0.29) is 5.91 Å². The van der Waals surface area contributed by atoms with Gasteiger partial charge in [0.15, 0.2) is 0 Å². The quantitative estimate of drug-likeness (QED) is 0.397. The number of nitrogens with zero attached hydrogens (tertiary/aromatic N) is 2. The smallest absolute Gasteiger partial charge is 0.269 e. The van der Waals surface area contributed by atoms with Gasteiger partial charge < -0.3 is 19.5 Å². The van der Waals surface area contributed by atoms with Crippen molar-refractivity contribution >= 4 is 5.91 Å². The van der Waals surface area contributed by atoms with Gasteiger partial charge in [-0.05, 0) is 47.5 Å². The van der Waals surface area contributed by atoms with Crippen molar-refractivity contribution in [3.05, 3.63) is 95.7 Å². The standard InChI is InChI=1S/C27H27N3O4/c1-30-25(16-24(29-30)23-15-22(32-2)13-14-26(23)33-3)27(31)28-17-19-9-11-21(12-10-19)34-18-20-7-5-4-6-8-20/h4-16H,17-18H2,1-3H3,(H,28,31). The third kappa shape index (κ3) is 5.38. The Bertz CT molecular complexity index is 1250. The molecule has 1 heterocycles. The second-order valence-electron chi connectivity index (χ2n) is 7.71. The highest BCUT2D eigenvalue weighted by Crippen LogP contribution is 2.33. The number of ether oxygens (including phenoxy) is 3. The van der Waals surface area contributed by atoms with Crippen LogP contribution in [0.3, 0.4) is 0 Å². The molecule has 4 aromatic rings. The van der Waals surface area contributed by atoms with E-state index in [0.29, 0.717) is 36.0 Å². The van der Waals surface area contributed by atoms with Crippen LogP contribution in [0.2, 0.25) is 0 Å². The minimum atomic E-state index is -0.215. The van der Waals surface area contributed by atoms with Crippen molar-refractivity contribution in [2.24, 2.45) is 7.05 Å². The van der Waals surface area contributed by atoms with Crippen molar-refractivity contribution in [2.75, 3.05) is 14.2 Å². The van der Waals surface area contributed by atoms with Crippen LogP contribution in [0.1, 0.15) is 21.6 Å². The van der Waals surface area contributed by atoms with E-state index in [1.807, 2.05) is 72.8 Å². The monoisotopic (exact) mass is 457 g/mol. The Balaban J connectivity index is 1.39. The molecule has 1 amide bonds. The predicted molar refractivity (Wildman–Crippen MR) is 130 cm³/mol. The van der Waals surface area contributed by atoms with Gasteiger partial charge in [0.2, 0.25) is 0 Å². The molecule has 0 radical (unpaired) electrons. The summed E-state index contributed by atoms with van der Waals surface area (Å²) in [6, 6.07) is 24.9. The second kappa shape index (κ2) is 10.6. The van der Waals surface area contributed by atoms with E-state index in [2.05, 4.69) is 10.4 Å². The number of hydrogen-bond acceptors (Lipinski definition) is 5. The summed E-state index contributed by atoms with van der Waals surface area (Å²) < 4.78 is 18.1. The first-order valence-electron chi connectivity index (χ1n) is 10.9. The van der Waals surface area contributed by atoms with Crippen LogP contribution >= 0.6 is 0 Å². The third-order valence-electron chi connectivity index (χ3n) is 5.42. The van der Waals surface area contributed by atoms with E-state index in [0.717, 1.165) is 22.4 Å². The van der Waals surface area contributed by atoms with Crippen molar-refractivity contribution in [2.45, 2.75) is 13.2 Å². The van der Waals surface area contributed by atoms with Crippen molar-refractivity contribution in [1.29, 1.82) is 0 Å². The van der Waals surface area contributed by atoms with Gasteiger partial charge in [-0.2, -0.15) is 5.10 Å². The molecule has 0 aliphatic heterocycles. The molecule has 4 rings (SSSR count). The summed E-state index contributed by atoms with van der Waals surface area (Å²) in [5.74, 6) is 1.90. The third-order valence-corrected chi connectivity index (χ3v) is 5.42. The minimum Gasteiger partial charge on any atom is -0.497 e.